The third-order valence-corrected chi connectivity index (χ3v) is 6.55. The highest BCUT2D eigenvalue weighted by molar-refractivity contribution is 5.84. The van der Waals surface area contributed by atoms with Gasteiger partial charge in [0, 0.05) is 65.3 Å². The monoisotopic (exact) mass is 402 g/mol. The second-order valence-electron chi connectivity index (χ2n) is 8.52. The van der Waals surface area contributed by atoms with Crippen LogP contribution in [-0.4, -0.2) is 107 Å². The SMILES string of the molecule is CN1CC(O)CC2(CCN(C(=O)CN3CCN(c4ncccn4)CC3)CC2)C1=O. The van der Waals surface area contributed by atoms with Gasteiger partial charge in [0.2, 0.25) is 17.8 Å². The van der Waals surface area contributed by atoms with Gasteiger partial charge in [0.15, 0.2) is 0 Å². The van der Waals surface area contributed by atoms with Crippen LogP contribution < -0.4 is 4.90 Å². The maximum Gasteiger partial charge on any atom is 0.236 e. The topological polar surface area (TPSA) is 93.1 Å². The average molecular weight is 402 g/mol. The smallest absolute Gasteiger partial charge is 0.236 e. The summed E-state index contributed by atoms with van der Waals surface area (Å²) in [7, 11) is 1.75. The minimum Gasteiger partial charge on any atom is -0.391 e. The predicted molar refractivity (Wildman–Crippen MR) is 107 cm³/mol. The Morgan fingerprint density at radius 2 is 1.79 bits per heavy atom. The summed E-state index contributed by atoms with van der Waals surface area (Å²) in [6, 6.07) is 1.81. The average Bonchev–Trinajstić information content (AvgIpc) is 2.73. The van der Waals surface area contributed by atoms with Crippen molar-refractivity contribution in [3.8, 4) is 0 Å². The van der Waals surface area contributed by atoms with Crippen LogP contribution in [0.4, 0.5) is 5.95 Å². The second-order valence-corrected chi connectivity index (χ2v) is 8.52. The van der Waals surface area contributed by atoms with Gasteiger partial charge in [-0.2, -0.15) is 0 Å². The third kappa shape index (κ3) is 4.20. The molecule has 158 valence electrons. The van der Waals surface area contributed by atoms with Gasteiger partial charge < -0.3 is 19.8 Å². The fourth-order valence-electron chi connectivity index (χ4n) is 4.86. The lowest BCUT2D eigenvalue weighted by Crippen LogP contribution is -2.57. The van der Waals surface area contributed by atoms with Crippen molar-refractivity contribution in [3.05, 3.63) is 18.5 Å². The van der Waals surface area contributed by atoms with E-state index in [2.05, 4.69) is 19.8 Å². The molecule has 3 aliphatic heterocycles. The van der Waals surface area contributed by atoms with Crippen LogP contribution in [-0.2, 0) is 9.59 Å². The Labute approximate surface area is 171 Å². The number of hydrogen-bond acceptors (Lipinski definition) is 7. The molecule has 9 nitrogen and oxygen atoms in total. The largest absolute Gasteiger partial charge is 0.391 e. The molecule has 4 rings (SSSR count). The van der Waals surface area contributed by atoms with Crippen molar-refractivity contribution in [1.29, 1.82) is 0 Å². The molecule has 0 aliphatic carbocycles. The lowest BCUT2D eigenvalue weighted by Gasteiger charge is -2.47. The number of amides is 2. The number of rotatable bonds is 3. The van der Waals surface area contributed by atoms with Gasteiger partial charge >= 0.3 is 0 Å². The summed E-state index contributed by atoms with van der Waals surface area (Å²) < 4.78 is 0. The van der Waals surface area contributed by atoms with Crippen LogP contribution >= 0.6 is 0 Å². The molecule has 29 heavy (non-hydrogen) atoms. The molecule has 4 heterocycles. The molecule has 3 fully saturated rings. The number of β-amino-alcohol motifs (C(OH)–C–C–N with tert-alkyl or cyclic N) is 1. The number of carbonyl (C=O) groups excluding carboxylic acids is 2. The van der Waals surface area contributed by atoms with Gasteiger partial charge in [0.25, 0.3) is 0 Å². The third-order valence-electron chi connectivity index (χ3n) is 6.55. The van der Waals surface area contributed by atoms with E-state index in [-0.39, 0.29) is 11.8 Å². The van der Waals surface area contributed by atoms with Crippen molar-refractivity contribution in [2.75, 3.05) is 64.3 Å². The number of likely N-dealkylation sites (N-methyl/N-ethyl adjacent to an activating group) is 1. The first-order valence-corrected chi connectivity index (χ1v) is 10.4. The highest BCUT2D eigenvalue weighted by Crippen LogP contribution is 2.40. The van der Waals surface area contributed by atoms with Crippen molar-refractivity contribution in [2.24, 2.45) is 5.41 Å². The molecule has 1 spiro atoms. The van der Waals surface area contributed by atoms with Crippen molar-refractivity contribution in [3.63, 3.8) is 0 Å². The molecule has 3 saturated heterocycles. The first-order chi connectivity index (χ1) is 14.0. The predicted octanol–water partition coefficient (Wildman–Crippen LogP) is -0.570. The number of anilines is 1. The van der Waals surface area contributed by atoms with Crippen LogP contribution in [0.25, 0.3) is 0 Å². The number of aromatic nitrogens is 2. The van der Waals surface area contributed by atoms with Crippen molar-refractivity contribution in [2.45, 2.75) is 25.4 Å². The van der Waals surface area contributed by atoms with Crippen molar-refractivity contribution < 1.29 is 14.7 Å². The van der Waals surface area contributed by atoms with Gasteiger partial charge in [0.1, 0.15) is 0 Å². The van der Waals surface area contributed by atoms with Crippen molar-refractivity contribution >= 4 is 17.8 Å². The number of piperazine rings is 1. The maximum absolute atomic E-state index is 12.8. The number of piperidine rings is 2. The Bertz CT molecular complexity index is 729. The van der Waals surface area contributed by atoms with E-state index in [9.17, 15) is 14.7 Å². The minimum absolute atomic E-state index is 0.120. The molecular weight excluding hydrogens is 372 g/mol. The maximum atomic E-state index is 12.8. The Hall–Kier alpha value is -2.26. The first-order valence-electron chi connectivity index (χ1n) is 10.4. The molecule has 1 unspecified atom stereocenters. The van der Waals surface area contributed by atoms with Crippen LogP contribution in [0.15, 0.2) is 18.5 Å². The molecule has 3 aliphatic rings. The summed E-state index contributed by atoms with van der Waals surface area (Å²) in [6.07, 6.45) is 4.81. The normalized spacial score (nSPS) is 25.5. The lowest BCUT2D eigenvalue weighted by molar-refractivity contribution is -0.157. The molecule has 2 amide bonds. The van der Waals surface area contributed by atoms with Gasteiger partial charge in [-0.3, -0.25) is 14.5 Å². The highest BCUT2D eigenvalue weighted by atomic mass is 16.3. The number of aliphatic hydroxyl groups excluding tert-OH is 1. The van der Waals surface area contributed by atoms with Crippen LogP contribution in [0.5, 0.6) is 0 Å². The fraction of sp³-hybridized carbons (Fsp3) is 0.700. The van der Waals surface area contributed by atoms with E-state index in [0.717, 1.165) is 32.1 Å². The molecule has 0 saturated carbocycles. The summed E-state index contributed by atoms with van der Waals surface area (Å²) >= 11 is 0. The summed E-state index contributed by atoms with van der Waals surface area (Å²) in [5.41, 5.74) is -0.496. The van der Waals surface area contributed by atoms with Gasteiger partial charge in [-0.05, 0) is 25.3 Å². The highest BCUT2D eigenvalue weighted by Gasteiger charge is 2.48. The number of aliphatic hydroxyl groups is 1. The molecule has 0 radical (unpaired) electrons. The quantitative estimate of drug-likeness (QED) is 0.724. The Morgan fingerprint density at radius 3 is 2.45 bits per heavy atom. The Balaban J connectivity index is 1.26. The zero-order chi connectivity index (χ0) is 20.4. The standard InChI is InChI=1S/C20H30N6O3/c1-23-14-16(27)13-20(18(23)29)3-7-25(8-4-20)17(28)15-24-9-11-26(12-10-24)19-21-5-2-6-22-19/h2,5-6,16,27H,3-4,7-15H2,1H3. The zero-order valence-corrected chi connectivity index (χ0v) is 17.0. The number of nitrogens with zero attached hydrogens (tertiary/aromatic N) is 6. The van der Waals surface area contributed by atoms with E-state index in [1.54, 1.807) is 30.4 Å². The molecule has 0 aromatic carbocycles. The van der Waals surface area contributed by atoms with E-state index in [4.69, 9.17) is 0 Å². The zero-order valence-electron chi connectivity index (χ0n) is 17.0. The Kier molecular flexibility index (Phi) is 5.69. The van der Waals surface area contributed by atoms with E-state index in [1.165, 1.54) is 0 Å². The van der Waals surface area contributed by atoms with Gasteiger partial charge in [-0.15, -0.1) is 0 Å². The molecule has 1 aromatic rings. The van der Waals surface area contributed by atoms with Crippen LogP contribution in [0.2, 0.25) is 0 Å². The minimum atomic E-state index is -0.496. The molecule has 9 heteroatoms. The van der Waals surface area contributed by atoms with Crippen molar-refractivity contribution in [1.82, 2.24) is 24.7 Å². The summed E-state index contributed by atoms with van der Waals surface area (Å²) in [5, 5.41) is 10.1. The van der Waals surface area contributed by atoms with E-state index in [0.29, 0.717) is 45.4 Å². The molecule has 0 bridgehead atoms. The van der Waals surface area contributed by atoms with E-state index < -0.39 is 11.5 Å². The second kappa shape index (κ2) is 8.23. The number of likely N-dealkylation sites (tertiary alicyclic amines) is 2. The van der Waals surface area contributed by atoms with Gasteiger partial charge in [0.05, 0.1) is 18.1 Å². The number of hydrogen-bond donors (Lipinski definition) is 1. The Morgan fingerprint density at radius 1 is 1.14 bits per heavy atom. The first kappa shape index (κ1) is 20.0. The molecule has 1 aromatic heterocycles. The summed E-state index contributed by atoms with van der Waals surface area (Å²) in [5.74, 6) is 0.986. The van der Waals surface area contributed by atoms with Gasteiger partial charge in [-0.1, -0.05) is 0 Å². The molecular formula is C20H30N6O3. The van der Waals surface area contributed by atoms with Crippen LogP contribution in [0, 0.1) is 5.41 Å². The van der Waals surface area contributed by atoms with Crippen LogP contribution in [0.1, 0.15) is 19.3 Å². The molecule has 1 N–H and O–H groups in total. The van der Waals surface area contributed by atoms with Gasteiger partial charge in [-0.25, -0.2) is 9.97 Å². The summed E-state index contributed by atoms with van der Waals surface area (Å²) in [6.45, 7) is 5.20. The lowest BCUT2D eigenvalue weighted by atomic mass is 9.71. The number of carbonyl (C=O) groups is 2. The van der Waals surface area contributed by atoms with Crippen LogP contribution in [0.3, 0.4) is 0 Å². The summed E-state index contributed by atoms with van der Waals surface area (Å²) in [4.78, 5) is 41.9. The fourth-order valence-corrected chi connectivity index (χ4v) is 4.86. The molecule has 1 atom stereocenters. The van der Waals surface area contributed by atoms with E-state index in [1.807, 2.05) is 4.90 Å². The van der Waals surface area contributed by atoms with E-state index >= 15 is 0 Å².